The number of carbonyl (C=O) groups is 1. The van der Waals surface area contributed by atoms with Gasteiger partial charge in [0.15, 0.2) is 0 Å². The minimum Gasteiger partial charge on any atom is -0.506 e. The van der Waals surface area contributed by atoms with E-state index in [-0.39, 0.29) is 17.6 Å². The van der Waals surface area contributed by atoms with Crippen LogP contribution in [-0.2, 0) is 4.79 Å². The standard InChI is InChI=1S/C13H19NO2/c1-4-5-10(3)13(16)14-11-7-6-9(2)8-12(11)15/h6-8,10,15H,4-5H2,1-3H3,(H,14,16). The summed E-state index contributed by atoms with van der Waals surface area (Å²) in [5.74, 6) is 0.0590. The summed E-state index contributed by atoms with van der Waals surface area (Å²) in [5, 5.41) is 12.4. The molecule has 88 valence electrons. The predicted molar refractivity (Wildman–Crippen MR) is 65.5 cm³/mol. The second kappa shape index (κ2) is 5.54. The molecule has 0 aliphatic rings. The minimum atomic E-state index is -0.0407. The number of rotatable bonds is 4. The van der Waals surface area contributed by atoms with E-state index >= 15 is 0 Å². The lowest BCUT2D eigenvalue weighted by molar-refractivity contribution is -0.119. The number of aryl methyl sites for hydroxylation is 1. The Balaban J connectivity index is 2.69. The van der Waals surface area contributed by atoms with Gasteiger partial charge in [-0.2, -0.15) is 0 Å². The lowest BCUT2D eigenvalue weighted by Gasteiger charge is -2.12. The number of benzene rings is 1. The second-order valence-corrected chi connectivity index (χ2v) is 4.20. The smallest absolute Gasteiger partial charge is 0.227 e. The van der Waals surface area contributed by atoms with Gasteiger partial charge in [0, 0.05) is 5.92 Å². The van der Waals surface area contributed by atoms with E-state index in [0.717, 1.165) is 18.4 Å². The van der Waals surface area contributed by atoms with Crippen molar-refractivity contribution < 1.29 is 9.90 Å². The first-order chi connectivity index (χ1) is 7.54. The third kappa shape index (κ3) is 3.26. The van der Waals surface area contributed by atoms with Crippen molar-refractivity contribution in [2.24, 2.45) is 5.92 Å². The van der Waals surface area contributed by atoms with Crippen LogP contribution in [-0.4, -0.2) is 11.0 Å². The highest BCUT2D eigenvalue weighted by atomic mass is 16.3. The zero-order chi connectivity index (χ0) is 12.1. The van der Waals surface area contributed by atoms with E-state index in [0.29, 0.717) is 5.69 Å². The van der Waals surface area contributed by atoms with Crippen molar-refractivity contribution in [3.8, 4) is 5.75 Å². The highest BCUT2D eigenvalue weighted by Gasteiger charge is 2.13. The molecule has 16 heavy (non-hydrogen) atoms. The van der Waals surface area contributed by atoms with E-state index in [9.17, 15) is 9.90 Å². The maximum Gasteiger partial charge on any atom is 0.227 e. The van der Waals surface area contributed by atoms with Crippen molar-refractivity contribution in [2.75, 3.05) is 5.32 Å². The van der Waals surface area contributed by atoms with Crippen molar-refractivity contribution in [3.05, 3.63) is 23.8 Å². The number of amides is 1. The first-order valence-corrected chi connectivity index (χ1v) is 5.65. The molecule has 0 fully saturated rings. The molecule has 0 bridgehead atoms. The Morgan fingerprint density at radius 2 is 2.19 bits per heavy atom. The summed E-state index contributed by atoms with van der Waals surface area (Å²) in [7, 11) is 0. The molecule has 0 radical (unpaired) electrons. The number of phenolic OH excluding ortho intramolecular Hbond substituents is 1. The Hall–Kier alpha value is -1.51. The Morgan fingerprint density at radius 1 is 1.50 bits per heavy atom. The SMILES string of the molecule is CCCC(C)C(=O)Nc1ccc(C)cc1O. The van der Waals surface area contributed by atoms with Crippen molar-refractivity contribution in [1.82, 2.24) is 0 Å². The van der Waals surface area contributed by atoms with Gasteiger partial charge in [0.25, 0.3) is 0 Å². The molecule has 3 heteroatoms. The Labute approximate surface area is 96.5 Å². The van der Waals surface area contributed by atoms with Gasteiger partial charge in [-0.3, -0.25) is 4.79 Å². The summed E-state index contributed by atoms with van der Waals surface area (Å²) in [4.78, 5) is 11.7. The fraction of sp³-hybridized carbons (Fsp3) is 0.462. The van der Waals surface area contributed by atoms with Gasteiger partial charge in [0.05, 0.1) is 5.69 Å². The molecule has 0 saturated heterocycles. The van der Waals surface area contributed by atoms with Gasteiger partial charge in [-0.1, -0.05) is 26.3 Å². The molecule has 1 atom stereocenters. The molecular weight excluding hydrogens is 202 g/mol. The number of hydrogen-bond acceptors (Lipinski definition) is 2. The summed E-state index contributed by atoms with van der Waals surface area (Å²) in [6.45, 7) is 5.84. The zero-order valence-corrected chi connectivity index (χ0v) is 10.1. The number of hydrogen-bond donors (Lipinski definition) is 2. The Bertz CT molecular complexity index is 374. The highest BCUT2D eigenvalue weighted by molar-refractivity contribution is 5.93. The maximum absolute atomic E-state index is 11.7. The fourth-order valence-electron chi connectivity index (χ4n) is 1.57. The van der Waals surface area contributed by atoms with Crippen molar-refractivity contribution in [3.63, 3.8) is 0 Å². The molecule has 1 aromatic rings. The lowest BCUT2D eigenvalue weighted by Crippen LogP contribution is -2.20. The van der Waals surface area contributed by atoms with Crippen LogP contribution in [0.5, 0.6) is 5.75 Å². The van der Waals surface area contributed by atoms with Gasteiger partial charge in [-0.25, -0.2) is 0 Å². The number of carbonyl (C=O) groups excluding carboxylic acids is 1. The van der Waals surface area contributed by atoms with E-state index in [1.54, 1.807) is 12.1 Å². The van der Waals surface area contributed by atoms with Crippen molar-refractivity contribution in [2.45, 2.75) is 33.6 Å². The summed E-state index contributed by atoms with van der Waals surface area (Å²) in [6, 6.07) is 5.22. The van der Waals surface area contributed by atoms with Crippen molar-refractivity contribution >= 4 is 11.6 Å². The van der Waals surface area contributed by atoms with Crippen LogP contribution < -0.4 is 5.32 Å². The number of nitrogens with one attached hydrogen (secondary N) is 1. The normalized spacial score (nSPS) is 12.2. The Kier molecular flexibility index (Phi) is 4.35. The van der Waals surface area contributed by atoms with Crippen LogP contribution in [0.4, 0.5) is 5.69 Å². The van der Waals surface area contributed by atoms with Gasteiger partial charge in [-0.15, -0.1) is 0 Å². The van der Waals surface area contributed by atoms with Gasteiger partial charge in [-0.05, 0) is 31.0 Å². The summed E-state index contributed by atoms with van der Waals surface area (Å²) in [5.41, 5.74) is 1.45. The number of phenols is 1. The molecular formula is C13H19NO2. The maximum atomic E-state index is 11.7. The molecule has 0 aliphatic carbocycles. The average Bonchev–Trinajstić information content (AvgIpc) is 2.22. The Morgan fingerprint density at radius 3 is 2.75 bits per heavy atom. The van der Waals surface area contributed by atoms with Crippen LogP contribution in [0.2, 0.25) is 0 Å². The van der Waals surface area contributed by atoms with E-state index in [2.05, 4.69) is 5.32 Å². The third-order valence-corrected chi connectivity index (χ3v) is 2.58. The molecule has 2 N–H and O–H groups in total. The molecule has 0 aromatic heterocycles. The first kappa shape index (κ1) is 12.6. The monoisotopic (exact) mass is 221 g/mol. The molecule has 0 aliphatic heterocycles. The molecule has 1 unspecified atom stereocenters. The topological polar surface area (TPSA) is 49.3 Å². The molecule has 0 heterocycles. The molecule has 0 spiro atoms. The van der Waals surface area contributed by atoms with Crippen LogP contribution in [0.25, 0.3) is 0 Å². The van der Waals surface area contributed by atoms with Gasteiger partial charge in [0.1, 0.15) is 5.75 Å². The van der Waals surface area contributed by atoms with Crippen LogP contribution >= 0.6 is 0 Å². The van der Waals surface area contributed by atoms with Gasteiger partial charge < -0.3 is 10.4 Å². The lowest BCUT2D eigenvalue weighted by atomic mass is 10.1. The third-order valence-electron chi connectivity index (χ3n) is 2.58. The van der Waals surface area contributed by atoms with E-state index in [1.165, 1.54) is 0 Å². The van der Waals surface area contributed by atoms with Crippen LogP contribution in [0.15, 0.2) is 18.2 Å². The predicted octanol–water partition coefficient (Wildman–Crippen LogP) is 3.08. The van der Waals surface area contributed by atoms with Gasteiger partial charge in [0.2, 0.25) is 5.91 Å². The molecule has 3 nitrogen and oxygen atoms in total. The average molecular weight is 221 g/mol. The quantitative estimate of drug-likeness (QED) is 0.768. The summed E-state index contributed by atoms with van der Waals surface area (Å²) < 4.78 is 0. The minimum absolute atomic E-state index is 0.0225. The molecule has 0 saturated carbocycles. The van der Waals surface area contributed by atoms with E-state index in [1.807, 2.05) is 26.8 Å². The molecule has 1 rings (SSSR count). The highest BCUT2D eigenvalue weighted by Crippen LogP contribution is 2.24. The van der Waals surface area contributed by atoms with Crippen LogP contribution in [0, 0.1) is 12.8 Å². The first-order valence-electron chi connectivity index (χ1n) is 5.65. The van der Waals surface area contributed by atoms with Gasteiger partial charge >= 0.3 is 0 Å². The van der Waals surface area contributed by atoms with Crippen LogP contribution in [0.3, 0.4) is 0 Å². The zero-order valence-electron chi connectivity index (χ0n) is 10.1. The van der Waals surface area contributed by atoms with E-state index < -0.39 is 0 Å². The fourth-order valence-corrected chi connectivity index (χ4v) is 1.57. The summed E-state index contributed by atoms with van der Waals surface area (Å²) >= 11 is 0. The largest absolute Gasteiger partial charge is 0.506 e. The van der Waals surface area contributed by atoms with E-state index in [4.69, 9.17) is 0 Å². The number of anilines is 1. The molecule has 1 aromatic carbocycles. The van der Waals surface area contributed by atoms with Crippen LogP contribution in [0.1, 0.15) is 32.3 Å². The molecule has 1 amide bonds. The number of aromatic hydroxyl groups is 1. The van der Waals surface area contributed by atoms with Crippen molar-refractivity contribution in [1.29, 1.82) is 0 Å². The summed E-state index contributed by atoms with van der Waals surface area (Å²) in [6.07, 6.45) is 1.84. The second-order valence-electron chi connectivity index (χ2n) is 4.20.